The molecule has 0 unspecified atom stereocenters. The number of H-pyrrole nitrogens is 1. The van der Waals surface area contributed by atoms with Gasteiger partial charge in [0.2, 0.25) is 5.82 Å². The zero-order valence-electron chi connectivity index (χ0n) is 25.5. The van der Waals surface area contributed by atoms with E-state index in [2.05, 4.69) is 25.9 Å². The van der Waals surface area contributed by atoms with Crippen LogP contribution in [0.5, 0.6) is 0 Å². The highest BCUT2D eigenvalue weighted by molar-refractivity contribution is 6.03. The van der Waals surface area contributed by atoms with Gasteiger partial charge in [-0.25, -0.2) is 13.6 Å². The molecule has 0 saturated carbocycles. The number of tetrazole rings is 1. The zero-order chi connectivity index (χ0) is 37.1. The van der Waals surface area contributed by atoms with Crippen molar-refractivity contribution in [2.75, 3.05) is 22.1 Å². The second-order valence-corrected chi connectivity index (χ2v) is 10.9. The Labute approximate surface area is 280 Å². The number of nitrogens with one attached hydrogen (secondary N) is 3. The summed E-state index contributed by atoms with van der Waals surface area (Å²) in [6.45, 7) is -1.80. The van der Waals surface area contributed by atoms with Crippen molar-refractivity contribution in [3.05, 3.63) is 107 Å². The predicted molar refractivity (Wildman–Crippen MR) is 162 cm³/mol. The molecule has 0 radical (unpaired) electrons. The van der Waals surface area contributed by atoms with Crippen molar-refractivity contribution in [3.63, 3.8) is 0 Å². The van der Waals surface area contributed by atoms with Gasteiger partial charge in [-0.3, -0.25) is 0 Å². The maximum atomic E-state index is 14.6. The van der Waals surface area contributed by atoms with Crippen molar-refractivity contribution in [2.24, 2.45) is 0 Å². The standard InChI is InChI=1S/C32H22F11N7O/c33-20-8-5-18(23(15-20)32(41,42)43)16-50(12-11-30(35,36)37)27-10-6-17(21-3-1-2-4-22(21)28-46-48-49-47-28)13-26(27)45-29(51)44-25-9-7-19(14-24(25)34)31(38,39)40/h1-10,13-15H,11-12,16H2,(H2,44,45,51)(H,46,47,48,49). The van der Waals surface area contributed by atoms with Crippen LogP contribution in [-0.4, -0.2) is 39.4 Å². The number of halogens is 11. The fourth-order valence-corrected chi connectivity index (χ4v) is 5.06. The van der Waals surface area contributed by atoms with Gasteiger partial charge in [-0.2, -0.15) is 44.7 Å². The van der Waals surface area contributed by atoms with Crippen LogP contribution >= 0.6 is 0 Å². The Balaban J connectivity index is 1.60. The third kappa shape index (κ3) is 9.08. The van der Waals surface area contributed by atoms with E-state index in [0.29, 0.717) is 29.3 Å². The van der Waals surface area contributed by atoms with Gasteiger partial charge in [-0.15, -0.1) is 10.2 Å². The summed E-state index contributed by atoms with van der Waals surface area (Å²) in [5.41, 5.74) is -3.56. The molecule has 5 rings (SSSR count). The van der Waals surface area contributed by atoms with Gasteiger partial charge in [0, 0.05) is 18.7 Å². The molecule has 3 N–H and O–H groups in total. The van der Waals surface area contributed by atoms with Crippen LogP contribution in [0.25, 0.3) is 22.5 Å². The van der Waals surface area contributed by atoms with Crippen molar-refractivity contribution in [3.8, 4) is 22.5 Å². The number of alkyl halides is 9. The summed E-state index contributed by atoms with van der Waals surface area (Å²) in [7, 11) is 0. The van der Waals surface area contributed by atoms with E-state index in [9.17, 15) is 53.1 Å². The van der Waals surface area contributed by atoms with Gasteiger partial charge in [-0.1, -0.05) is 36.4 Å². The molecule has 0 saturated heterocycles. The van der Waals surface area contributed by atoms with Crippen molar-refractivity contribution < 1.29 is 53.1 Å². The number of hydrogen-bond acceptors (Lipinski definition) is 5. The quantitative estimate of drug-likeness (QED) is 0.131. The lowest BCUT2D eigenvalue weighted by molar-refractivity contribution is -0.139. The Hall–Kier alpha value is -5.75. The number of aromatic amines is 1. The van der Waals surface area contributed by atoms with Crippen LogP contribution in [0, 0.1) is 11.6 Å². The minimum Gasteiger partial charge on any atom is -0.365 e. The van der Waals surface area contributed by atoms with Crippen molar-refractivity contribution >= 4 is 23.1 Å². The van der Waals surface area contributed by atoms with Crippen molar-refractivity contribution in [1.29, 1.82) is 0 Å². The number of anilines is 3. The summed E-state index contributed by atoms with van der Waals surface area (Å²) in [5.74, 6) is -2.58. The third-order valence-corrected chi connectivity index (χ3v) is 7.36. The van der Waals surface area contributed by atoms with Crippen LogP contribution in [0.1, 0.15) is 23.1 Å². The molecule has 1 heterocycles. The molecule has 5 aromatic rings. The van der Waals surface area contributed by atoms with Gasteiger partial charge >= 0.3 is 24.6 Å². The number of hydrogen-bond donors (Lipinski definition) is 3. The van der Waals surface area contributed by atoms with Crippen LogP contribution in [-0.2, 0) is 18.9 Å². The first-order valence-corrected chi connectivity index (χ1v) is 14.5. The topological polar surface area (TPSA) is 98.8 Å². The van der Waals surface area contributed by atoms with E-state index in [0.717, 1.165) is 11.0 Å². The molecular weight excluding hydrogens is 707 g/mol. The predicted octanol–water partition coefficient (Wildman–Crippen LogP) is 9.45. The number of aromatic nitrogens is 4. The lowest BCUT2D eigenvalue weighted by atomic mass is 9.98. The molecule has 268 valence electrons. The minimum atomic E-state index is -5.09. The van der Waals surface area contributed by atoms with Gasteiger partial charge in [0.1, 0.15) is 11.6 Å². The Morgan fingerprint density at radius 2 is 1.47 bits per heavy atom. The number of carbonyl (C=O) groups excluding carboxylic acids is 1. The number of nitrogens with zero attached hydrogens (tertiary/aromatic N) is 4. The molecule has 19 heteroatoms. The molecule has 1 aromatic heterocycles. The Morgan fingerprint density at radius 1 is 0.765 bits per heavy atom. The molecule has 0 atom stereocenters. The summed E-state index contributed by atoms with van der Waals surface area (Å²) in [6, 6.07) is 12.0. The van der Waals surface area contributed by atoms with Gasteiger partial charge in [0.15, 0.2) is 0 Å². The molecule has 2 amide bonds. The van der Waals surface area contributed by atoms with Crippen molar-refractivity contribution in [1.82, 2.24) is 20.6 Å². The lowest BCUT2D eigenvalue weighted by Crippen LogP contribution is -2.30. The van der Waals surface area contributed by atoms with E-state index < -0.39 is 78.1 Å². The fraction of sp³-hybridized carbons (Fsp3) is 0.188. The summed E-state index contributed by atoms with van der Waals surface area (Å²) < 4.78 is 150. The zero-order valence-corrected chi connectivity index (χ0v) is 25.5. The maximum Gasteiger partial charge on any atom is 0.416 e. The fourth-order valence-electron chi connectivity index (χ4n) is 5.06. The first-order chi connectivity index (χ1) is 23.9. The summed E-state index contributed by atoms with van der Waals surface area (Å²) in [6.07, 6.45) is -16.3. The van der Waals surface area contributed by atoms with E-state index in [-0.39, 0.29) is 34.9 Å². The number of amides is 2. The van der Waals surface area contributed by atoms with Gasteiger partial charge in [-0.05, 0) is 64.4 Å². The van der Waals surface area contributed by atoms with Crippen LogP contribution in [0.15, 0.2) is 78.9 Å². The molecule has 0 aliphatic heterocycles. The molecule has 0 aliphatic rings. The highest BCUT2D eigenvalue weighted by atomic mass is 19.4. The average molecular weight is 730 g/mol. The van der Waals surface area contributed by atoms with Crippen LogP contribution in [0.2, 0.25) is 0 Å². The molecule has 4 aromatic carbocycles. The second-order valence-electron chi connectivity index (χ2n) is 10.9. The Bertz CT molecular complexity index is 2010. The number of benzene rings is 4. The third-order valence-electron chi connectivity index (χ3n) is 7.36. The van der Waals surface area contributed by atoms with E-state index in [1.165, 1.54) is 18.2 Å². The highest BCUT2D eigenvalue weighted by Crippen LogP contribution is 2.39. The van der Waals surface area contributed by atoms with E-state index in [1.54, 1.807) is 24.3 Å². The van der Waals surface area contributed by atoms with Gasteiger partial charge in [0.05, 0.1) is 34.6 Å². The molecule has 0 aliphatic carbocycles. The Morgan fingerprint density at radius 3 is 2.10 bits per heavy atom. The smallest absolute Gasteiger partial charge is 0.365 e. The largest absolute Gasteiger partial charge is 0.416 e. The minimum absolute atomic E-state index is 0.127. The molecule has 0 spiro atoms. The summed E-state index contributed by atoms with van der Waals surface area (Å²) >= 11 is 0. The van der Waals surface area contributed by atoms with Gasteiger partial charge < -0.3 is 15.5 Å². The van der Waals surface area contributed by atoms with E-state index in [4.69, 9.17) is 0 Å². The highest BCUT2D eigenvalue weighted by Gasteiger charge is 2.35. The second kappa shape index (κ2) is 14.2. The van der Waals surface area contributed by atoms with E-state index >= 15 is 0 Å². The molecule has 0 fully saturated rings. The Kier molecular flexibility index (Phi) is 10.2. The first-order valence-electron chi connectivity index (χ1n) is 14.5. The summed E-state index contributed by atoms with van der Waals surface area (Å²) in [4.78, 5) is 14.0. The SMILES string of the molecule is O=C(Nc1ccc(C(F)(F)F)cc1F)Nc1cc(-c2ccccc2-c2nn[nH]n2)ccc1N(CCC(F)(F)F)Cc1ccc(F)cc1C(F)(F)F. The van der Waals surface area contributed by atoms with Crippen LogP contribution in [0.3, 0.4) is 0 Å². The molecule has 51 heavy (non-hydrogen) atoms. The summed E-state index contributed by atoms with van der Waals surface area (Å²) in [5, 5.41) is 18.0. The monoisotopic (exact) mass is 729 g/mol. The van der Waals surface area contributed by atoms with E-state index in [1.807, 2.05) is 5.32 Å². The first kappa shape index (κ1) is 36.5. The average Bonchev–Trinajstić information content (AvgIpc) is 3.58. The molecule has 8 nitrogen and oxygen atoms in total. The van der Waals surface area contributed by atoms with Crippen LogP contribution in [0.4, 0.5) is 70.2 Å². The number of urea groups is 1. The maximum absolute atomic E-state index is 14.6. The molecule has 0 bridgehead atoms. The van der Waals surface area contributed by atoms with Crippen LogP contribution < -0.4 is 15.5 Å². The van der Waals surface area contributed by atoms with Gasteiger partial charge in [0.25, 0.3) is 0 Å². The normalized spacial score (nSPS) is 12.1. The molecular formula is C32H22F11N7O. The number of rotatable bonds is 9. The lowest BCUT2D eigenvalue weighted by Gasteiger charge is -2.29. The number of carbonyl (C=O) groups is 1. The van der Waals surface area contributed by atoms with Crippen molar-refractivity contribution in [2.45, 2.75) is 31.5 Å².